The van der Waals surface area contributed by atoms with Gasteiger partial charge in [0, 0.05) is 18.2 Å². The first-order valence-corrected chi connectivity index (χ1v) is 7.67. The molecule has 0 bridgehead atoms. The zero-order chi connectivity index (χ0) is 17.1. The standard InChI is InChI=1S/C10H15N3O4.H3O4P/c1-5-3-13(10(16)12-9(5)11)8-2-6(15)7(4-14)17-8;1-5(2,3)4/h3,6-8,14-15H,2,4H2,1H3,(H2,11,12,16);(H3,1,2,3,4)/t6-,7+,8+;/m0./s1. The number of hydrogen-bond donors (Lipinski definition) is 6. The Kier molecular flexibility index (Phi) is 6.20. The number of nitrogens with zero attached hydrogens (tertiary/aromatic N) is 2. The fraction of sp³-hybridized carbons (Fsp3) is 0.600. The van der Waals surface area contributed by atoms with E-state index in [1.165, 1.54) is 4.57 Å². The molecule has 3 atom stereocenters. The Morgan fingerprint density at radius 1 is 1.50 bits per heavy atom. The number of aliphatic hydroxyl groups is 2. The van der Waals surface area contributed by atoms with E-state index in [1.54, 1.807) is 13.1 Å². The average Bonchev–Trinajstić information content (AvgIpc) is 2.73. The Morgan fingerprint density at radius 3 is 2.50 bits per heavy atom. The Bertz CT molecular complexity index is 606. The first-order chi connectivity index (χ1) is 10.0. The minimum absolute atomic E-state index is 0.184. The van der Waals surface area contributed by atoms with Gasteiger partial charge in [-0.3, -0.25) is 4.57 Å². The first-order valence-electron chi connectivity index (χ1n) is 6.11. The van der Waals surface area contributed by atoms with E-state index in [9.17, 15) is 9.90 Å². The maximum atomic E-state index is 11.6. The maximum Gasteiger partial charge on any atom is 0.466 e. The lowest BCUT2D eigenvalue weighted by Crippen LogP contribution is -2.28. The third-order valence-corrected chi connectivity index (χ3v) is 2.87. The van der Waals surface area contributed by atoms with Crippen molar-refractivity contribution in [2.24, 2.45) is 0 Å². The number of aliphatic hydroxyl groups excluding tert-OH is 2. The molecule has 1 saturated heterocycles. The molecular weight excluding hydrogens is 321 g/mol. The molecule has 0 radical (unpaired) electrons. The second-order valence-corrected chi connectivity index (χ2v) is 5.65. The Balaban J connectivity index is 0.000000422. The monoisotopic (exact) mass is 339 g/mol. The summed E-state index contributed by atoms with van der Waals surface area (Å²) >= 11 is 0. The van der Waals surface area contributed by atoms with Crippen LogP contribution in [0.3, 0.4) is 0 Å². The quantitative estimate of drug-likeness (QED) is 0.324. The van der Waals surface area contributed by atoms with E-state index in [1.807, 2.05) is 0 Å². The molecule has 126 valence electrons. The fourth-order valence-corrected chi connectivity index (χ4v) is 1.84. The van der Waals surface area contributed by atoms with E-state index in [2.05, 4.69) is 4.98 Å². The minimum atomic E-state index is -4.64. The number of anilines is 1. The molecule has 2 heterocycles. The van der Waals surface area contributed by atoms with E-state index < -0.39 is 31.9 Å². The van der Waals surface area contributed by atoms with Crippen LogP contribution < -0.4 is 11.4 Å². The molecule has 0 unspecified atom stereocenters. The molecule has 2 rings (SSSR count). The molecule has 0 saturated carbocycles. The fourth-order valence-electron chi connectivity index (χ4n) is 1.84. The van der Waals surface area contributed by atoms with Crippen LogP contribution in [-0.2, 0) is 9.30 Å². The molecule has 12 heteroatoms. The van der Waals surface area contributed by atoms with Crippen LogP contribution in [0.15, 0.2) is 11.0 Å². The highest BCUT2D eigenvalue weighted by Crippen LogP contribution is 2.27. The molecule has 7 N–H and O–H groups in total. The highest BCUT2D eigenvalue weighted by atomic mass is 31.2. The largest absolute Gasteiger partial charge is 0.466 e. The lowest BCUT2D eigenvalue weighted by Gasteiger charge is -2.15. The lowest BCUT2D eigenvalue weighted by atomic mass is 10.2. The summed E-state index contributed by atoms with van der Waals surface area (Å²) in [6.07, 6.45) is -0.265. The number of nitrogens with two attached hydrogens (primary N) is 1. The summed E-state index contributed by atoms with van der Waals surface area (Å²) in [5.41, 5.74) is 5.65. The van der Waals surface area contributed by atoms with Crippen molar-refractivity contribution in [2.75, 3.05) is 12.3 Å². The van der Waals surface area contributed by atoms with Crippen LogP contribution in [0.25, 0.3) is 0 Å². The van der Waals surface area contributed by atoms with E-state index >= 15 is 0 Å². The van der Waals surface area contributed by atoms with Crippen LogP contribution in [0.4, 0.5) is 5.82 Å². The number of nitrogen functional groups attached to an aromatic ring is 1. The molecule has 1 aromatic rings. The highest BCUT2D eigenvalue weighted by molar-refractivity contribution is 7.45. The van der Waals surface area contributed by atoms with E-state index in [0.717, 1.165) is 0 Å². The molecule has 0 amide bonds. The average molecular weight is 339 g/mol. The molecule has 1 aliphatic heterocycles. The van der Waals surface area contributed by atoms with Crippen LogP contribution in [-0.4, -0.2) is 53.3 Å². The lowest BCUT2D eigenvalue weighted by molar-refractivity contribution is -0.0459. The van der Waals surface area contributed by atoms with Gasteiger partial charge in [0.15, 0.2) is 0 Å². The third-order valence-electron chi connectivity index (χ3n) is 2.87. The van der Waals surface area contributed by atoms with Gasteiger partial charge in [0.05, 0.1) is 12.7 Å². The van der Waals surface area contributed by atoms with Crippen LogP contribution in [0, 0.1) is 6.92 Å². The number of rotatable bonds is 2. The molecule has 0 spiro atoms. The van der Waals surface area contributed by atoms with Gasteiger partial charge in [-0.25, -0.2) is 9.36 Å². The second kappa shape index (κ2) is 7.29. The smallest absolute Gasteiger partial charge is 0.394 e. The number of ether oxygens (including phenoxy) is 1. The zero-order valence-electron chi connectivity index (χ0n) is 11.6. The summed E-state index contributed by atoms with van der Waals surface area (Å²) in [6, 6.07) is 0. The van der Waals surface area contributed by atoms with Gasteiger partial charge in [0.25, 0.3) is 0 Å². The maximum absolute atomic E-state index is 11.6. The van der Waals surface area contributed by atoms with Crippen molar-refractivity contribution < 1.29 is 34.2 Å². The molecule has 11 nitrogen and oxygen atoms in total. The number of aromatic nitrogens is 2. The van der Waals surface area contributed by atoms with Crippen LogP contribution in [0.5, 0.6) is 0 Å². The van der Waals surface area contributed by atoms with Gasteiger partial charge in [-0.15, -0.1) is 0 Å². The van der Waals surface area contributed by atoms with Crippen LogP contribution in [0.1, 0.15) is 18.2 Å². The van der Waals surface area contributed by atoms with Gasteiger partial charge in [-0.1, -0.05) is 0 Å². The molecule has 0 aliphatic carbocycles. The molecule has 1 aliphatic rings. The minimum Gasteiger partial charge on any atom is -0.394 e. The van der Waals surface area contributed by atoms with E-state index in [0.29, 0.717) is 5.56 Å². The van der Waals surface area contributed by atoms with Crippen molar-refractivity contribution in [3.05, 3.63) is 22.2 Å². The van der Waals surface area contributed by atoms with Gasteiger partial charge in [0.2, 0.25) is 0 Å². The normalized spacial score (nSPS) is 24.7. The summed E-state index contributed by atoms with van der Waals surface area (Å²) < 4.78 is 15.5. The molecular formula is C10H18N3O8P. The van der Waals surface area contributed by atoms with Crippen molar-refractivity contribution in [2.45, 2.75) is 31.8 Å². The Morgan fingerprint density at radius 2 is 2.05 bits per heavy atom. The van der Waals surface area contributed by atoms with Crippen molar-refractivity contribution in [3.63, 3.8) is 0 Å². The summed E-state index contributed by atoms with van der Waals surface area (Å²) in [7, 11) is -4.64. The molecule has 1 fully saturated rings. The molecule has 0 aromatic carbocycles. The van der Waals surface area contributed by atoms with E-state index in [-0.39, 0.29) is 18.8 Å². The van der Waals surface area contributed by atoms with Gasteiger partial charge in [0.1, 0.15) is 18.1 Å². The Labute approximate surface area is 124 Å². The predicted octanol–water partition coefficient (Wildman–Crippen LogP) is -2.15. The van der Waals surface area contributed by atoms with Gasteiger partial charge in [-0.2, -0.15) is 4.98 Å². The summed E-state index contributed by atoms with van der Waals surface area (Å²) in [5.74, 6) is 0.184. The van der Waals surface area contributed by atoms with Crippen LogP contribution in [0.2, 0.25) is 0 Å². The first kappa shape index (κ1) is 18.7. The Hall–Kier alpha value is -1.33. The van der Waals surface area contributed by atoms with Crippen molar-refractivity contribution >= 4 is 13.6 Å². The second-order valence-electron chi connectivity index (χ2n) is 4.63. The topological polar surface area (TPSA) is 188 Å². The van der Waals surface area contributed by atoms with Gasteiger partial charge in [-0.05, 0) is 6.92 Å². The number of hydrogen-bond acceptors (Lipinski definition) is 7. The number of aryl methyl sites for hydroxylation is 1. The summed E-state index contributed by atoms with van der Waals surface area (Å²) in [5, 5.41) is 18.6. The SMILES string of the molecule is Cc1cn([C@H]2C[C@H](O)[C@@H](CO)O2)c(=O)nc1N.O=P(O)(O)O. The van der Waals surface area contributed by atoms with Crippen molar-refractivity contribution in [1.29, 1.82) is 0 Å². The van der Waals surface area contributed by atoms with Crippen molar-refractivity contribution in [1.82, 2.24) is 9.55 Å². The summed E-state index contributed by atoms with van der Waals surface area (Å²) in [4.78, 5) is 36.8. The predicted molar refractivity (Wildman–Crippen MR) is 73.5 cm³/mol. The zero-order valence-corrected chi connectivity index (χ0v) is 12.5. The highest BCUT2D eigenvalue weighted by Gasteiger charge is 2.35. The molecule has 1 aromatic heterocycles. The summed E-state index contributed by atoms with van der Waals surface area (Å²) in [6.45, 7) is 1.45. The van der Waals surface area contributed by atoms with Gasteiger partial charge >= 0.3 is 13.5 Å². The number of phosphoric acid groups is 1. The van der Waals surface area contributed by atoms with Crippen molar-refractivity contribution in [3.8, 4) is 0 Å². The molecule has 22 heavy (non-hydrogen) atoms. The third kappa shape index (κ3) is 5.46. The van der Waals surface area contributed by atoms with Crippen LogP contribution >= 0.6 is 7.82 Å². The van der Waals surface area contributed by atoms with Gasteiger partial charge < -0.3 is 35.4 Å². The van der Waals surface area contributed by atoms with E-state index in [4.69, 9.17) is 34.8 Å².